The van der Waals surface area contributed by atoms with Gasteiger partial charge < -0.3 is 4.74 Å². The Hall–Kier alpha value is -2.39. The van der Waals surface area contributed by atoms with Crippen molar-refractivity contribution in [3.8, 4) is 11.6 Å². The van der Waals surface area contributed by atoms with Crippen LogP contribution >= 0.6 is 11.6 Å². The van der Waals surface area contributed by atoms with E-state index in [2.05, 4.69) is 22.1 Å². The average Bonchev–Trinajstić information content (AvgIpc) is 2.50. The van der Waals surface area contributed by atoms with Gasteiger partial charge in [-0.25, -0.2) is 9.97 Å². The zero-order chi connectivity index (χ0) is 14.5. The Labute approximate surface area is 128 Å². The third kappa shape index (κ3) is 3.80. The van der Waals surface area contributed by atoms with E-state index in [9.17, 15) is 0 Å². The van der Waals surface area contributed by atoms with Crippen molar-refractivity contribution < 1.29 is 4.74 Å². The summed E-state index contributed by atoms with van der Waals surface area (Å²) in [5.41, 5.74) is 2.52. The van der Waals surface area contributed by atoms with Crippen molar-refractivity contribution >= 4 is 11.6 Å². The van der Waals surface area contributed by atoms with Crippen LogP contribution in [0.25, 0.3) is 0 Å². The van der Waals surface area contributed by atoms with E-state index in [1.165, 1.54) is 17.5 Å². The molecular weight excluding hydrogens is 284 g/mol. The van der Waals surface area contributed by atoms with E-state index in [1.807, 2.05) is 42.5 Å². The smallest absolute Gasteiger partial charge is 0.223 e. The molecule has 0 fully saturated rings. The fourth-order valence-corrected chi connectivity index (χ4v) is 2.14. The Kier molecular flexibility index (Phi) is 4.12. The number of hydrogen-bond acceptors (Lipinski definition) is 3. The van der Waals surface area contributed by atoms with Crippen LogP contribution in [-0.4, -0.2) is 9.97 Å². The van der Waals surface area contributed by atoms with Gasteiger partial charge in [0.1, 0.15) is 17.2 Å². The summed E-state index contributed by atoms with van der Waals surface area (Å²) < 4.78 is 5.63. The van der Waals surface area contributed by atoms with Crippen LogP contribution < -0.4 is 4.74 Å². The first-order chi connectivity index (χ1) is 10.3. The van der Waals surface area contributed by atoms with Crippen molar-refractivity contribution in [2.75, 3.05) is 0 Å². The summed E-state index contributed by atoms with van der Waals surface area (Å²) in [5, 5.41) is 0.362. The first-order valence-corrected chi connectivity index (χ1v) is 6.96. The second kappa shape index (κ2) is 6.37. The molecule has 0 spiro atoms. The average molecular weight is 297 g/mol. The molecule has 0 amide bonds. The number of aromatic nitrogens is 2. The summed E-state index contributed by atoms with van der Waals surface area (Å²) in [6, 6.07) is 19.9. The zero-order valence-corrected chi connectivity index (χ0v) is 12.0. The van der Waals surface area contributed by atoms with Crippen molar-refractivity contribution in [2.24, 2.45) is 0 Å². The largest absolute Gasteiger partial charge is 0.439 e. The van der Waals surface area contributed by atoms with Gasteiger partial charge in [-0.05, 0) is 29.7 Å². The molecule has 0 bridgehead atoms. The molecule has 0 unspecified atom stereocenters. The van der Waals surface area contributed by atoms with Crippen molar-refractivity contribution in [1.29, 1.82) is 0 Å². The number of benzene rings is 2. The highest BCUT2D eigenvalue weighted by atomic mass is 35.5. The molecule has 0 aliphatic carbocycles. The number of ether oxygens (including phenoxy) is 1. The lowest BCUT2D eigenvalue weighted by molar-refractivity contribution is 0.461. The third-order valence-electron chi connectivity index (χ3n) is 3.01. The quantitative estimate of drug-likeness (QED) is 0.664. The van der Waals surface area contributed by atoms with Crippen LogP contribution in [0.2, 0.25) is 5.15 Å². The highest BCUT2D eigenvalue weighted by Crippen LogP contribution is 2.21. The van der Waals surface area contributed by atoms with E-state index in [0.717, 1.165) is 12.2 Å². The van der Waals surface area contributed by atoms with E-state index >= 15 is 0 Å². The van der Waals surface area contributed by atoms with Crippen LogP contribution in [0.3, 0.4) is 0 Å². The molecule has 3 nitrogen and oxygen atoms in total. The van der Waals surface area contributed by atoms with Gasteiger partial charge >= 0.3 is 0 Å². The molecule has 0 radical (unpaired) electrons. The number of nitrogens with zero attached hydrogens (tertiary/aromatic N) is 2. The summed E-state index contributed by atoms with van der Waals surface area (Å²) in [6.45, 7) is 0. The second-order valence-electron chi connectivity index (χ2n) is 4.59. The van der Waals surface area contributed by atoms with Gasteiger partial charge in [-0.2, -0.15) is 0 Å². The summed E-state index contributed by atoms with van der Waals surface area (Å²) in [7, 11) is 0. The molecule has 0 N–H and O–H groups in total. The second-order valence-corrected chi connectivity index (χ2v) is 4.97. The van der Waals surface area contributed by atoms with Crippen LogP contribution in [0, 0.1) is 0 Å². The van der Waals surface area contributed by atoms with Gasteiger partial charge in [0.05, 0.1) is 0 Å². The predicted octanol–water partition coefficient (Wildman–Crippen LogP) is 4.51. The minimum Gasteiger partial charge on any atom is -0.439 e. The standard InChI is InChI=1S/C17H13ClN2O/c18-16-11-17(20-12-19-16)21-15-8-6-14(7-9-15)10-13-4-2-1-3-5-13/h1-9,11-12H,10H2. The summed E-state index contributed by atoms with van der Waals surface area (Å²) in [5.74, 6) is 1.16. The minimum absolute atomic E-state index is 0.362. The highest BCUT2D eigenvalue weighted by molar-refractivity contribution is 6.29. The van der Waals surface area contributed by atoms with E-state index in [1.54, 1.807) is 6.07 Å². The molecule has 0 aliphatic rings. The molecule has 0 saturated carbocycles. The SMILES string of the molecule is Clc1cc(Oc2ccc(Cc3ccccc3)cc2)ncn1. The fraction of sp³-hybridized carbons (Fsp3) is 0.0588. The highest BCUT2D eigenvalue weighted by Gasteiger charge is 2.01. The Morgan fingerprint density at radius 1 is 0.857 bits per heavy atom. The molecule has 1 heterocycles. The number of hydrogen-bond donors (Lipinski definition) is 0. The molecule has 104 valence electrons. The van der Waals surface area contributed by atoms with Crippen molar-refractivity contribution in [3.05, 3.63) is 83.3 Å². The van der Waals surface area contributed by atoms with Gasteiger partial charge in [0.2, 0.25) is 5.88 Å². The van der Waals surface area contributed by atoms with Gasteiger partial charge in [0.25, 0.3) is 0 Å². The topological polar surface area (TPSA) is 35.0 Å². The fourth-order valence-electron chi connectivity index (χ4n) is 2.00. The predicted molar refractivity (Wildman–Crippen MR) is 82.8 cm³/mol. The van der Waals surface area contributed by atoms with Crippen LogP contribution in [0.4, 0.5) is 0 Å². The van der Waals surface area contributed by atoms with Crippen LogP contribution in [0.1, 0.15) is 11.1 Å². The lowest BCUT2D eigenvalue weighted by Gasteiger charge is -2.06. The van der Waals surface area contributed by atoms with E-state index in [-0.39, 0.29) is 0 Å². The van der Waals surface area contributed by atoms with E-state index in [4.69, 9.17) is 16.3 Å². The van der Waals surface area contributed by atoms with Gasteiger partial charge in [-0.15, -0.1) is 0 Å². The van der Waals surface area contributed by atoms with Gasteiger partial charge in [0.15, 0.2) is 0 Å². The maximum atomic E-state index is 5.80. The maximum absolute atomic E-state index is 5.80. The normalized spacial score (nSPS) is 10.3. The van der Waals surface area contributed by atoms with Crippen LogP contribution in [-0.2, 0) is 6.42 Å². The lowest BCUT2D eigenvalue weighted by atomic mass is 10.1. The Bertz CT molecular complexity index is 714. The molecule has 3 aromatic rings. The lowest BCUT2D eigenvalue weighted by Crippen LogP contribution is -1.91. The van der Waals surface area contributed by atoms with Gasteiger partial charge in [0, 0.05) is 6.07 Å². The van der Waals surface area contributed by atoms with Gasteiger partial charge in [-0.1, -0.05) is 54.1 Å². The van der Waals surface area contributed by atoms with Crippen molar-refractivity contribution in [3.63, 3.8) is 0 Å². The third-order valence-corrected chi connectivity index (χ3v) is 3.21. The first kappa shape index (κ1) is 13.6. The molecule has 1 aromatic heterocycles. The molecule has 0 atom stereocenters. The molecule has 2 aromatic carbocycles. The Balaban J connectivity index is 1.69. The molecular formula is C17H13ClN2O. The Morgan fingerprint density at radius 2 is 1.57 bits per heavy atom. The molecule has 0 aliphatic heterocycles. The molecule has 21 heavy (non-hydrogen) atoms. The zero-order valence-electron chi connectivity index (χ0n) is 11.2. The summed E-state index contributed by atoms with van der Waals surface area (Å²) >= 11 is 5.80. The van der Waals surface area contributed by atoms with Crippen molar-refractivity contribution in [2.45, 2.75) is 6.42 Å². The maximum Gasteiger partial charge on any atom is 0.223 e. The van der Waals surface area contributed by atoms with Crippen molar-refractivity contribution in [1.82, 2.24) is 9.97 Å². The van der Waals surface area contributed by atoms with E-state index < -0.39 is 0 Å². The Morgan fingerprint density at radius 3 is 2.29 bits per heavy atom. The van der Waals surface area contributed by atoms with Crippen LogP contribution in [0.5, 0.6) is 11.6 Å². The summed E-state index contributed by atoms with van der Waals surface area (Å²) in [4.78, 5) is 7.82. The minimum atomic E-state index is 0.362. The monoisotopic (exact) mass is 296 g/mol. The van der Waals surface area contributed by atoms with Gasteiger partial charge in [-0.3, -0.25) is 0 Å². The first-order valence-electron chi connectivity index (χ1n) is 6.58. The molecule has 0 saturated heterocycles. The number of rotatable bonds is 4. The van der Waals surface area contributed by atoms with Crippen LogP contribution in [0.15, 0.2) is 67.0 Å². The molecule has 4 heteroatoms. The molecule has 3 rings (SSSR count). The summed E-state index contributed by atoms with van der Waals surface area (Å²) in [6.07, 6.45) is 2.28. The number of halogens is 1. The van der Waals surface area contributed by atoms with E-state index in [0.29, 0.717) is 11.0 Å².